The van der Waals surface area contributed by atoms with Gasteiger partial charge in [0.1, 0.15) is 11.6 Å². The van der Waals surface area contributed by atoms with Crippen LogP contribution in [0.3, 0.4) is 0 Å². The molecule has 1 fully saturated rings. The van der Waals surface area contributed by atoms with E-state index in [9.17, 15) is 4.79 Å². The highest BCUT2D eigenvalue weighted by atomic mass is 16.5. The number of hydrogen-bond acceptors (Lipinski definition) is 4. The van der Waals surface area contributed by atoms with E-state index in [4.69, 9.17) is 10.5 Å². The first-order valence-corrected chi connectivity index (χ1v) is 7.19. The SMILES string of the molecule is CCOC(=O)c1nc(CC)n(CCCC2CC2)c1N. The highest BCUT2D eigenvalue weighted by molar-refractivity contribution is 5.92. The van der Waals surface area contributed by atoms with Gasteiger partial charge in [0.05, 0.1) is 6.61 Å². The fraction of sp³-hybridized carbons (Fsp3) is 0.714. The standard InChI is InChI=1S/C14H23N3O2/c1-3-11-16-12(14(18)19-4-2)13(15)17(11)9-5-6-10-7-8-10/h10H,3-9,15H2,1-2H3. The molecule has 106 valence electrons. The Bertz CT molecular complexity index is 450. The lowest BCUT2D eigenvalue weighted by molar-refractivity contribution is 0.0521. The van der Waals surface area contributed by atoms with Gasteiger partial charge in [-0.25, -0.2) is 9.78 Å². The summed E-state index contributed by atoms with van der Waals surface area (Å²) < 4.78 is 6.95. The van der Waals surface area contributed by atoms with Crippen molar-refractivity contribution < 1.29 is 9.53 Å². The van der Waals surface area contributed by atoms with Crippen LogP contribution in [0.2, 0.25) is 0 Å². The second-order valence-electron chi connectivity index (χ2n) is 5.07. The zero-order valence-electron chi connectivity index (χ0n) is 11.8. The minimum absolute atomic E-state index is 0.269. The van der Waals surface area contributed by atoms with Gasteiger partial charge in [0.15, 0.2) is 5.69 Å². The molecule has 1 heterocycles. The fourth-order valence-corrected chi connectivity index (χ4v) is 2.33. The van der Waals surface area contributed by atoms with Crippen molar-refractivity contribution in [3.05, 3.63) is 11.5 Å². The van der Waals surface area contributed by atoms with Crippen molar-refractivity contribution in [2.75, 3.05) is 12.3 Å². The van der Waals surface area contributed by atoms with Gasteiger partial charge in [0.2, 0.25) is 0 Å². The molecular weight excluding hydrogens is 242 g/mol. The molecule has 5 nitrogen and oxygen atoms in total. The van der Waals surface area contributed by atoms with Gasteiger partial charge in [-0.3, -0.25) is 0 Å². The van der Waals surface area contributed by atoms with Gasteiger partial charge in [-0.1, -0.05) is 19.8 Å². The van der Waals surface area contributed by atoms with Crippen molar-refractivity contribution in [2.24, 2.45) is 5.92 Å². The van der Waals surface area contributed by atoms with Gasteiger partial charge < -0.3 is 15.0 Å². The van der Waals surface area contributed by atoms with Crippen LogP contribution in [0.25, 0.3) is 0 Å². The zero-order valence-corrected chi connectivity index (χ0v) is 11.8. The lowest BCUT2D eigenvalue weighted by atomic mass is 10.2. The molecule has 0 spiro atoms. The third kappa shape index (κ3) is 3.28. The maximum absolute atomic E-state index is 11.8. The van der Waals surface area contributed by atoms with Crippen LogP contribution in [0.5, 0.6) is 0 Å². The molecule has 19 heavy (non-hydrogen) atoms. The second kappa shape index (κ2) is 6.08. The van der Waals surface area contributed by atoms with Crippen molar-refractivity contribution in [3.63, 3.8) is 0 Å². The summed E-state index contributed by atoms with van der Waals surface area (Å²) >= 11 is 0. The number of rotatable bonds is 7. The Morgan fingerprint density at radius 3 is 2.79 bits per heavy atom. The quantitative estimate of drug-likeness (QED) is 0.768. The van der Waals surface area contributed by atoms with E-state index < -0.39 is 5.97 Å². The Balaban J connectivity index is 2.08. The van der Waals surface area contributed by atoms with E-state index in [0.717, 1.165) is 31.1 Å². The number of nitrogens with two attached hydrogens (primary N) is 1. The molecule has 0 amide bonds. The average molecular weight is 265 g/mol. The Hall–Kier alpha value is -1.52. The Morgan fingerprint density at radius 1 is 1.47 bits per heavy atom. The number of hydrogen-bond donors (Lipinski definition) is 1. The Labute approximate surface area is 114 Å². The van der Waals surface area contributed by atoms with Gasteiger partial charge in [-0.2, -0.15) is 0 Å². The van der Waals surface area contributed by atoms with Crippen LogP contribution >= 0.6 is 0 Å². The summed E-state index contributed by atoms with van der Waals surface area (Å²) in [5, 5.41) is 0. The van der Waals surface area contributed by atoms with Crippen molar-refractivity contribution in [3.8, 4) is 0 Å². The summed E-state index contributed by atoms with van der Waals surface area (Å²) in [6.07, 6.45) is 5.85. The topological polar surface area (TPSA) is 70.1 Å². The molecule has 0 unspecified atom stereocenters. The number of imidazole rings is 1. The number of nitrogen functional groups attached to an aromatic ring is 1. The second-order valence-corrected chi connectivity index (χ2v) is 5.07. The molecule has 0 bridgehead atoms. The maximum Gasteiger partial charge on any atom is 0.360 e. The van der Waals surface area contributed by atoms with Crippen LogP contribution in [0.15, 0.2) is 0 Å². The smallest absolute Gasteiger partial charge is 0.360 e. The molecule has 5 heteroatoms. The number of carbonyl (C=O) groups excluding carboxylic acids is 1. The zero-order chi connectivity index (χ0) is 13.8. The number of carbonyl (C=O) groups is 1. The monoisotopic (exact) mass is 265 g/mol. The molecule has 0 radical (unpaired) electrons. The normalized spacial score (nSPS) is 14.6. The third-order valence-corrected chi connectivity index (χ3v) is 3.56. The van der Waals surface area contributed by atoms with E-state index in [0.29, 0.717) is 12.4 Å². The van der Waals surface area contributed by atoms with Crippen LogP contribution in [0, 0.1) is 5.92 Å². The first-order chi connectivity index (χ1) is 9.17. The molecule has 0 aromatic carbocycles. The number of esters is 1. The predicted molar refractivity (Wildman–Crippen MR) is 73.9 cm³/mol. The van der Waals surface area contributed by atoms with Crippen LogP contribution in [0.4, 0.5) is 5.82 Å². The van der Waals surface area contributed by atoms with Crippen molar-refractivity contribution in [1.29, 1.82) is 0 Å². The van der Waals surface area contributed by atoms with E-state index in [1.165, 1.54) is 19.3 Å². The van der Waals surface area contributed by atoms with E-state index >= 15 is 0 Å². The number of aryl methyl sites for hydroxylation is 1. The molecule has 2 rings (SSSR count). The van der Waals surface area contributed by atoms with E-state index in [2.05, 4.69) is 4.98 Å². The molecule has 1 aliphatic rings. The first-order valence-electron chi connectivity index (χ1n) is 7.19. The third-order valence-electron chi connectivity index (χ3n) is 3.56. The molecule has 1 aromatic heterocycles. The predicted octanol–water partition coefficient (Wildman–Crippen LogP) is 2.39. The Morgan fingerprint density at radius 2 is 2.21 bits per heavy atom. The van der Waals surface area contributed by atoms with Crippen LogP contribution < -0.4 is 5.73 Å². The maximum atomic E-state index is 11.8. The molecule has 1 aromatic rings. The summed E-state index contributed by atoms with van der Waals surface area (Å²) in [7, 11) is 0. The van der Waals surface area contributed by atoms with Gasteiger partial charge in [0, 0.05) is 13.0 Å². The summed E-state index contributed by atoms with van der Waals surface area (Å²) in [5.41, 5.74) is 6.31. The lowest BCUT2D eigenvalue weighted by Gasteiger charge is -2.08. The van der Waals surface area contributed by atoms with Gasteiger partial charge in [-0.05, 0) is 25.7 Å². The van der Waals surface area contributed by atoms with Crippen LogP contribution in [0.1, 0.15) is 55.8 Å². The first kappa shape index (κ1) is 13.9. The van der Waals surface area contributed by atoms with Crippen LogP contribution in [-0.2, 0) is 17.7 Å². The number of anilines is 1. The molecule has 1 saturated carbocycles. The molecule has 2 N–H and O–H groups in total. The summed E-state index contributed by atoms with van der Waals surface area (Å²) in [6, 6.07) is 0. The van der Waals surface area contributed by atoms with Gasteiger partial charge >= 0.3 is 5.97 Å². The molecule has 0 saturated heterocycles. The highest BCUT2D eigenvalue weighted by Gasteiger charge is 2.23. The van der Waals surface area contributed by atoms with Gasteiger partial charge in [0.25, 0.3) is 0 Å². The molecule has 1 aliphatic carbocycles. The van der Waals surface area contributed by atoms with E-state index in [-0.39, 0.29) is 5.69 Å². The molecule has 0 aliphatic heterocycles. The largest absolute Gasteiger partial charge is 0.461 e. The van der Waals surface area contributed by atoms with Gasteiger partial charge in [-0.15, -0.1) is 0 Å². The average Bonchev–Trinajstić information content (AvgIpc) is 3.15. The number of ether oxygens (including phenoxy) is 1. The van der Waals surface area contributed by atoms with E-state index in [1.54, 1.807) is 6.92 Å². The minimum atomic E-state index is -0.421. The van der Waals surface area contributed by atoms with E-state index in [1.807, 2.05) is 11.5 Å². The summed E-state index contributed by atoms with van der Waals surface area (Å²) in [4.78, 5) is 16.1. The Kier molecular flexibility index (Phi) is 4.45. The summed E-state index contributed by atoms with van der Waals surface area (Å²) in [5.74, 6) is 1.82. The highest BCUT2D eigenvalue weighted by Crippen LogP contribution is 2.33. The summed E-state index contributed by atoms with van der Waals surface area (Å²) in [6.45, 7) is 4.99. The molecule has 0 atom stereocenters. The lowest BCUT2D eigenvalue weighted by Crippen LogP contribution is -2.10. The molecular formula is C14H23N3O2. The van der Waals surface area contributed by atoms with Crippen molar-refractivity contribution >= 4 is 11.8 Å². The number of nitrogens with zero attached hydrogens (tertiary/aromatic N) is 2. The van der Waals surface area contributed by atoms with Crippen LogP contribution in [-0.4, -0.2) is 22.1 Å². The van der Waals surface area contributed by atoms with Crippen molar-refractivity contribution in [2.45, 2.75) is 52.5 Å². The minimum Gasteiger partial charge on any atom is -0.461 e. The van der Waals surface area contributed by atoms with Crippen molar-refractivity contribution in [1.82, 2.24) is 9.55 Å². The fourth-order valence-electron chi connectivity index (χ4n) is 2.33. The number of aromatic nitrogens is 2.